The van der Waals surface area contributed by atoms with Gasteiger partial charge in [0.15, 0.2) is 5.41 Å². The first-order valence-electron chi connectivity index (χ1n) is 9.69. The first-order chi connectivity index (χ1) is 14.2. The summed E-state index contributed by atoms with van der Waals surface area (Å²) in [6.45, 7) is 9.72. The molecular weight excluding hydrogens is 404 g/mol. The molecule has 2 amide bonds. The monoisotopic (exact) mass is 434 g/mol. The molecule has 0 aliphatic carbocycles. The fraction of sp³-hybridized carbons (Fsp3) is 0.455. The highest BCUT2D eigenvalue weighted by atomic mass is 16.6. The number of benzene rings is 1. The molecule has 31 heavy (non-hydrogen) atoms. The molecule has 0 fully saturated rings. The van der Waals surface area contributed by atoms with E-state index < -0.39 is 35.0 Å². The smallest absolute Gasteiger partial charge is 0.428 e. The number of nitrogens with one attached hydrogen (secondary N) is 1. The highest BCUT2D eigenvalue weighted by Crippen LogP contribution is 2.27. The second-order valence-corrected chi connectivity index (χ2v) is 8.08. The lowest BCUT2D eigenvalue weighted by molar-refractivity contribution is -0.150. The fourth-order valence-corrected chi connectivity index (χ4v) is 2.49. The second kappa shape index (κ2) is 10.1. The lowest BCUT2D eigenvalue weighted by atomic mass is 9.81. The van der Waals surface area contributed by atoms with Crippen molar-refractivity contribution in [1.29, 1.82) is 0 Å². The predicted octanol–water partition coefficient (Wildman–Crippen LogP) is 2.89. The molecule has 0 aliphatic rings. The van der Waals surface area contributed by atoms with Gasteiger partial charge >= 0.3 is 18.0 Å². The standard InChI is InChI=1S/C22H30N2O7/c1-8-30-17(25)14(2)12-15-10-9-11-16(13-15)22(6,19(27)28)18(26)23-24(7)20(29)31-21(3,4)5/h9-13H,8H2,1-7H3,(H,23,26)(H,27,28)/b14-12+. The summed E-state index contributed by atoms with van der Waals surface area (Å²) in [5.74, 6) is -2.84. The third-order valence-electron chi connectivity index (χ3n) is 4.26. The van der Waals surface area contributed by atoms with Crippen molar-refractivity contribution in [1.82, 2.24) is 10.4 Å². The predicted molar refractivity (Wildman–Crippen MR) is 114 cm³/mol. The summed E-state index contributed by atoms with van der Waals surface area (Å²) in [5.41, 5.74) is 0.472. The van der Waals surface area contributed by atoms with E-state index in [1.54, 1.807) is 46.8 Å². The van der Waals surface area contributed by atoms with Crippen LogP contribution in [-0.2, 0) is 29.3 Å². The second-order valence-electron chi connectivity index (χ2n) is 8.08. The zero-order chi connectivity index (χ0) is 24.0. The SMILES string of the molecule is CCOC(=O)/C(C)=C/c1cccc(C(C)(C(=O)O)C(=O)NN(C)C(=O)OC(C)(C)C)c1. The number of hydrazine groups is 1. The first kappa shape index (κ1) is 25.7. The zero-order valence-corrected chi connectivity index (χ0v) is 18.9. The van der Waals surface area contributed by atoms with Crippen LogP contribution in [0.5, 0.6) is 0 Å². The normalized spacial score (nSPS) is 13.6. The van der Waals surface area contributed by atoms with Crippen LogP contribution in [-0.4, -0.2) is 53.3 Å². The third-order valence-corrected chi connectivity index (χ3v) is 4.26. The van der Waals surface area contributed by atoms with Crippen molar-refractivity contribution in [2.75, 3.05) is 13.7 Å². The van der Waals surface area contributed by atoms with Gasteiger partial charge in [-0.1, -0.05) is 24.3 Å². The van der Waals surface area contributed by atoms with E-state index in [1.165, 1.54) is 32.2 Å². The van der Waals surface area contributed by atoms with Crippen LogP contribution >= 0.6 is 0 Å². The molecule has 1 aromatic rings. The average Bonchev–Trinajstić information content (AvgIpc) is 2.65. The van der Waals surface area contributed by atoms with Gasteiger partial charge in [-0.05, 0) is 58.7 Å². The van der Waals surface area contributed by atoms with Gasteiger partial charge in [-0.25, -0.2) is 14.6 Å². The Bertz CT molecular complexity index is 886. The minimum atomic E-state index is -2.02. The summed E-state index contributed by atoms with van der Waals surface area (Å²) in [7, 11) is 1.26. The lowest BCUT2D eigenvalue weighted by Gasteiger charge is -2.29. The van der Waals surface area contributed by atoms with Crippen molar-refractivity contribution in [2.45, 2.75) is 52.6 Å². The highest BCUT2D eigenvalue weighted by molar-refractivity contribution is 6.07. The average molecular weight is 434 g/mol. The number of carbonyl (C=O) groups excluding carboxylic acids is 3. The number of amides is 2. The Morgan fingerprint density at radius 3 is 2.29 bits per heavy atom. The number of esters is 1. The number of hydrogen-bond acceptors (Lipinski definition) is 6. The summed E-state index contributed by atoms with van der Waals surface area (Å²) in [6, 6.07) is 6.22. The number of nitrogens with zero attached hydrogens (tertiary/aromatic N) is 1. The van der Waals surface area contributed by atoms with Crippen molar-refractivity contribution >= 4 is 30.0 Å². The van der Waals surface area contributed by atoms with E-state index in [1.807, 2.05) is 0 Å². The van der Waals surface area contributed by atoms with Crippen LogP contribution in [0.4, 0.5) is 4.79 Å². The Kier molecular flexibility index (Phi) is 8.37. The molecule has 1 unspecified atom stereocenters. The molecule has 0 aliphatic heterocycles. The molecule has 170 valence electrons. The van der Waals surface area contributed by atoms with Crippen LogP contribution in [0, 0.1) is 0 Å². The number of rotatable bonds is 6. The molecule has 9 heteroatoms. The van der Waals surface area contributed by atoms with Crippen LogP contribution in [0.2, 0.25) is 0 Å². The minimum absolute atomic E-state index is 0.167. The number of ether oxygens (including phenoxy) is 2. The van der Waals surface area contributed by atoms with Crippen LogP contribution in [0.25, 0.3) is 6.08 Å². The van der Waals surface area contributed by atoms with E-state index in [4.69, 9.17) is 9.47 Å². The first-order valence-corrected chi connectivity index (χ1v) is 9.69. The molecule has 2 N–H and O–H groups in total. The Morgan fingerprint density at radius 1 is 1.16 bits per heavy atom. The van der Waals surface area contributed by atoms with Gasteiger partial charge in [0.25, 0.3) is 5.91 Å². The number of carboxylic acid groups (broad SMARTS) is 1. The Hall–Kier alpha value is -3.36. The molecule has 0 spiro atoms. The number of hydrogen-bond donors (Lipinski definition) is 2. The molecular formula is C22H30N2O7. The largest absolute Gasteiger partial charge is 0.480 e. The summed E-state index contributed by atoms with van der Waals surface area (Å²) in [5, 5.41) is 10.6. The number of carboxylic acids is 1. The Balaban J connectivity index is 3.21. The van der Waals surface area contributed by atoms with Crippen LogP contribution in [0.1, 0.15) is 52.7 Å². The van der Waals surface area contributed by atoms with Crippen molar-refractivity contribution in [3.8, 4) is 0 Å². The third kappa shape index (κ3) is 6.84. The van der Waals surface area contributed by atoms with Crippen molar-refractivity contribution < 1.29 is 33.8 Å². The maximum Gasteiger partial charge on any atom is 0.428 e. The van der Waals surface area contributed by atoms with Gasteiger partial charge < -0.3 is 14.6 Å². The fourth-order valence-electron chi connectivity index (χ4n) is 2.49. The minimum Gasteiger partial charge on any atom is -0.480 e. The van der Waals surface area contributed by atoms with E-state index in [9.17, 15) is 24.3 Å². The van der Waals surface area contributed by atoms with Gasteiger partial charge in [0, 0.05) is 12.6 Å². The molecule has 1 atom stereocenters. The van der Waals surface area contributed by atoms with Gasteiger partial charge in [-0.3, -0.25) is 15.0 Å². The number of carbonyl (C=O) groups is 4. The van der Waals surface area contributed by atoms with Crippen molar-refractivity contribution in [3.05, 3.63) is 41.0 Å². The van der Waals surface area contributed by atoms with E-state index in [2.05, 4.69) is 5.43 Å². The van der Waals surface area contributed by atoms with Crippen LogP contribution in [0.3, 0.4) is 0 Å². The van der Waals surface area contributed by atoms with E-state index in [0.29, 0.717) is 11.1 Å². The summed E-state index contributed by atoms with van der Waals surface area (Å²) < 4.78 is 10.1. The molecule has 0 heterocycles. The summed E-state index contributed by atoms with van der Waals surface area (Å²) in [6.07, 6.45) is 0.699. The maximum absolute atomic E-state index is 12.9. The topological polar surface area (TPSA) is 122 Å². The lowest BCUT2D eigenvalue weighted by Crippen LogP contribution is -2.55. The van der Waals surface area contributed by atoms with E-state index in [0.717, 1.165) is 5.01 Å². The van der Waals surface area contributed by atoms with Gasteiger partial charge in [-0.15, -0.1) is 0 Å². The maximum atomic E-state index is 12.9. The molecule has 0 saturated carbocycles. The molecule has 0 aromatic heterocycles. The Labute approximate surface area is 182 Å². The van der Waals surface area contributed by atoms with Crippen molar-refractivity contribution in [3.63, 3.8) is 0 Å². The highest BCUT2D eigenvalue weighted by Gasteiger charge is 2.44. The van der Waals surface area contributed by atoms with Gasteiger partial charge in [0.1, 0.15) is 5.60 Å². The van der Waals surface area contributed by atoms with Gasteiger partial charge in [0.2, 0.25) is 0 Å². The van der Waals surface area contributed by atoms with Gasteiger partial charge in [0.05, 0.1) is 6.61 Å². The molecule has 1 aromatic carbocycles. The quantitative estimate of drug-likeness (QED) is 0.305. The van der Waals surface area contributed by atoms with Crippen LogP contribution in [0.15, 0.2) is 29.8 Å². The molecule has 1 rings (SSSR count). The van der Waals surface area contributed by atoms with E-state index in [-0.39, 0.29) is 12.2 Å². The number of aliphatic carboxylic acids is 1. The molecule has 0 radical (unpaired) electrons. The zero-order valence-electron chi connectivity index (χ0n) is 18.9. The summed E-state index contributed by atoms with van der Waals surface area (Å²) >= 11 is 0. The molecule has 0 saturated heterocycles. The van der Waals surface area contributed by atoms with Gasteiger partial charge in [-0.2, -0.15) is 0 Å². The molecule has 9 nitrogen and oxygen atoms in total. The van der Waals surface area contributed by atoms with Crippen molar-refractivity contribution in [2.24, 2.45) is 0 Å². The van der Waals surface area contributed by atoms with Crippen LogP contribution < -0.4 is 5.43 Å². The molecule has 0 bridgehead atoms. The summed E-state index contributed by atoms with van der Waals surface area (Å²) in [4.78, 5) is 48.9. The Morgan fingerprint density at radius 2 is 1.77 bits per heavy atom. The van der Waals surface area contributed by atoms with E-state index >= 15 is 0 Å².